The molecule has 0 aromatic heterocycles. The topological polar surface area (TPSA) is 119 Å². The molecular formula is C18H19N3O5S. The Bertz CT molecular complexity index is 982. The zero-order valence-corrected chi connectivity index (χ0v) is 15.2. The summed E-state index contributed by atoms with van der Waals surface area (Å²) >= 11 is 0. The largest absolute Gasteiger partial charge is 0.504 e. The molecule has 0 atom stereocenters. The standard InChI is InChI=1S/C18H19N3O5S/c22-16-7-6-13(10-17(16)23)12-19-20-18(24)14-4-3-5-15(11-14)27(25,26)21-8-1-2-9-21/h3-7,10-12,22-23H,1-2,8-9H2,(H,20,24)/b19-12-. The third-order valence-electron chi connectivity index (χ3n) is 4.18. The van der Waals surface area contributed by atoms with Crippen LogP contribution in [0.1, 0.15) is 28.8 Å². The number of phenolic OH excluding ortho intramolecular Hbond substituents is 2. The smallest absolute Gasteiger partial charge is 0.271 e. The molecule has 0 bridgehead atoms. The molecule has 0 aliphatic carbocycles. The molecule has 9 heteroatoms. The van der Waals surface area contributed by atoms with Crippen molar-refractivity contribution in [3.63, 3.8) is 0 Å². The van der Waals surface area contributed by atoms with E-state index >= 15 is 0 Å². The SMILES string of the molecule is O=C(N/N=C\c1ccc(O)c(O)c1)c1cccc(S(=O)(=O)N2CCCC2)c1. The quantitative estimate of drug-likeness (QED) is 0.408. The highest BCUT2D eigenvalue weighted by Crippen LogP contribution is 2.24. The molecule has 1 aliphatic heterocycles. The van der Waals surface area contributed by atoms with Crippen LogP contribution in [-0.2, 0) is 10.0 Å². The third-order valence-corrected chi connectivity index (χ3v) is 6.07. The fourth-order valence-electron chi connectivity index (χ4n) is 2.73. The first-order valence-corrected chi connectivity index (χ1v) is 9.77. The van der Waals surface area contributed by atoms with Crippen LogP contribution in [-0.4, -0.2) is 48.1 Å². The minimum atomic E-state index is -3.60. The summed E-state index contributed by atoms with van der Waals surface area (Å²) in [5.41, 5.74) is 2.94. The van der Waals surface area contributed by atoms with Crippen LogP contribution in [0, 0.1) is 0 Å². The van der Waals surface area contributed by atoms with Crippen LogP contribution in [0.3, 0.4) is 0 Å². The van der Waals surface area contributed by atoms with E-state index in [0.717, 1.165) is 12.8 Å². The van der Waals surface area contributed by atoms with Crippen molar-refractivity contribution < 1.29 is 23.4 Å². The van der Waals surface area contributed by atoms with Crippen molar-refractivity contribution in [1.29, 1.82) is 0 Å². The molecule has 0 saturated carbocycles. The second kappa shape index (κ2) is 7.77. The minimum Gasteiger partial charge on any atom is -0.504 e. The van der Waals surface area contributed by atoms with Crippen molar-refractivity contribution in [3.8, 4) is 11.5 Å². The zero-order chi connectivity index (χ0) is 19.4. The van der Waals surface area contributed by atoms with E-state index in [1.165, 1.54) is 53.0 Å². The lowest BCUT2D eigenvalue weighted by atomic mass is 10.2. The summed E-state index contributed by atoms with van der Waals surface area (Å²) in [5, 5.41) is 22.5. The van der Waals surface area contributed by atoms with Gasteiger partial charge in [-0.05, 0) is 54.8 Å². The number of aromatic hydroxyl groups is 2. The zero-order valence-electron chi connectivity index (χ0n) is 14.4. The summed E-state index contributed by atoms with van der Waals surface area (Å²) in [6.45, 7) is 0.977. The highest BCUT2D eigenvalue weighted by Gasteiger charge is 2.27. The van der Waals surface area contributed by atoms with Gasteiger partial charge in [-0.3, -0.25) is 4.79 Å². The highest BCUT2D eigenvalue weighted by atomic mass is 32.2. The van der Waals surface area contributed by atoms with Crippen molar-refractivity contribution in [1.82, 2.24) is 9.73 Å². The van der Waals surface area contributed by atoms with Gasteiger partial charge < -0.3 is 10.2 Å². The second-order valence-electron chi connectivity index (χ2n) is 6.09. The molecule has 1 fully saturated rings. The van der Waals surface area contributed by atoms with E-state index in [0.29, 0.717) is 18.7 Å². The Labute approximate surface area is 156 Å². The number of hydrazone groups is 1. The van der Waals surface area contributed by atoms with Crippen LogP contribution in [0.25, 0.3) is 0 Å². The molecule has 3 rings (SSSR count). The van der Waals surface area contributed by atoms with Crippen LogP contribution in [0.2, 0.25) is 0 Å². The lowest BCUT2D eigenvalue weighted by Gasteiger charge is -2.15. The molecule has 2 aromatic carbocycles. The van der Waals surface area contributed by atoms with Gasteiger partial charge in [0.1, 0.15) is 0 Å². The maximum Gasteiger partial charge on any atom is 0.271 e. The van der Waals surface area contributed by atoms with E-state index in [2.05, 4.69) is 10.5 Å². The minimum absolute atomic E-state index is 0.0736. The first-order chi connectivity index (χ1) is 12.9. The number of nitrogens with zero attached hydrogens (tertiary/aromatic N) is 2. The highest BCUT2D eigenvalue weighted by molar-refractivity contribution is 7.89. The number of phenols is 2. The van der Waals surface area contributed by atoms with Crippen LogP contribution in [0.4, 0.5) is 0 Å². The van der Waals surface area contributed by atoms with Gasteiger partial charge in [0.15, 0.2) is 11.5 Å². The Morgan fingerprint density at radius 1 is 1.07 bits per heavy atom. The second-order valence-corrected chi connectivity index (χ2v) is 8.02. The summed E-state index contributed by atoms with van der Waals surface area (Å²) in [5.74, 6) is -1.12. The summed E-state index contributed by atoms with van der Waals surface area (Å²) in [6.07, 6.45) is 2.96. The van der Waals surface area contributed by atoms with Crippen molar-refractivity contribution in [3.05, 3.63) is 53.6 Å². The molecule has 2 aromatic rings. The Balaban J connectivity index is 1.71. The number of rotatable bonds is 5. The lowest BCUT2D eigenvalue weighted by molar-refractivity contribution is 0.0955. The van der Waals surface area contributed by atoms with E-state index < -0.39 is 15.9 Å². The van der Waals surface area contributed by atoms with Crippen molar-refractivity contribution in [2.45, 2.75) is 17.7 Å². The monoisotopic (exact) mass is 389 g/mol. The van der Waals surface area contributed by atoms with Crippen molar-refractivity contribution in [2.24, 2.45) is 5.10 Å². The molecule has 1 saturated heterocycles. The number of carbonyl (C=O) groups excluding carboxylic acids is 1. The predicted octanol–water partition coefficient (Wildman–Crippen LogP) is 1.65. The van der Waals surface area contributed by atoms with Crippen LogP contribution in [0.5, 0.6) is 11.5 Å². The van der Waals surface area contributed by atoms with Gasteiger partial charge in [0, 0.05) is 18.7 Å². The molecule has 27 heavy (non-hydrogen) atoms. The number of hydrogen-bond acceptors (Lipinski definition) is 6. The molecule has 1 aliphatic rings. The van der Waals surface area contributed by atoms with Gasteiger partial charge in [0.05, 0.1) is 11.1 Å². The molecule has 1 heterocycles. The molecular weight excluding hydrogens is 370 g/mol. The van der Waals surface area contributed by atoms with E-state index in [1.54, 1.807) is 0 Å². The van der Waals surface area contributed by atoms with E-state index in [9.17, 15) is 23.4 Å². The van der Waals surface area contributed by atoms with Gasteiger partial charge in [-0.2, -0.15) is 9.41 Å². The Morgan fingerprint density at radius 3 is 2.52 bits per heavy atom. The van der Waals surface area contributed by atoms with Crippen LogP contribution < -0.4 is 5.43 Å². The predicted molar refractivity (Wildman–Crippen MR) is 99.3 cm³/mol. The fourth-order valence-corrected chi connectivity index (χ4v) is 4.29. The number of amides is 1. The number of sulfonamides is 1. The number of hydrogen-bond donors (Lipinski definition) is 3. The summed E-state index contributed by atoms with van der Waals surface area (Å²) in [6, 6.07) is 9.89. The number of carbonyl (C=O) groups is 1. The Morgan fingerprint density at radius 2 is 1.81 bits per heavy atom. The summed E-state index contributed by atoms with van der Waals surface area (Å²) in [7, 11) is -3.60. The van der Waals surface area contributed by atoms with Gasteiger partial charge in [-0.1, -0.05) is 6.07 Å². The average Bonchev–Trinajstić information content (AvgIpc) is 3.20. The van der Waals surface area contributed by atoms with Gasteiger partial charge in [-0.25, -0.2) is 13.8 Å². The summed E-state index contributed by atoms with van der Waals surface area (Å²) < 4.78 is 26.6. The maximum atomic E-state index is 12.6. The van der Waals surface area contributed by atoms with Gasteiger partial charge >= 0.3 is 0 Å². The lowest BCUT2D eigenvalue weighted by Crippen LogP contribution is -2.28. The summed E-state index contributed by atoms with van der Waals surface area (Å²) in [4.78, 5) is 12.3. The molecule has 1 amide bonds. The Kier molecular flexibility index (Phi) is 5.43. The molecule has 3 N–H and O–H groups in total. The van der Waals surface area contributed by atoms with Gasteiger partial charge in [0.2, 0.25) is 10.0 Å². The van der Waals surface area contributed by atoms with Crippen LogP contribution in [0.15, 0.2) is 52.5 Å². The van der Waals surface area contributed by atoms with E-state index in [-0.39, 0.29) is 22.0 Å². The van der Waals surface area contributed by atoms with E-state index in [4.69, 9.17) is 0 Å². The van der Waals surface area contributed by atoms with E-state index in [1.807, 2.05) is 0 Å². The normalized spacial score (nSPS) is 15.3. The van der Waals surface area contributed by atoms with Crippen molar-refractivity contribution >= 4 is 22.1 Å². The average molecular weight is 389 g/mol. The molecule has 8 nitrogen and oxygen atoms in total. The third kappa shape index (κ3) is 4.26. The van der Waals surface area contributed by atoms with Gasteiger partial charge in [0.25, 0.3) is 5.91 Å². The molecule has 0 unspecified atom stereocenters. The maximum absolute atomic E-state index is 12.6. The number of benzene rings is 2. The molecule has 142 valence electrons. The van der Waals surface area contributed by atoms with Gasteiger partial charge in [-0.15, -0.1) is 0 Å². The molecule has 0 spiro atoms. The first kappa shape index (κ1) is 18.9. The fraction of sp³-hybridized carbons (Fsp3) is 0.222. The first-order valence-electron chi connectivity index (χ1n) is 8.33. The number of nitrogens with one attached hydrogen (secondary N) is 1. The van der Waals surface area contributed by atoms with Crippen LogP contribution >= 0.6 is 0 Å². The Hall–Kier alpha value is -2.91. The molecule has 0 radical (unpaired) electrons. The van der Waals surface area contributed by atoms with Crippen molar-refractivity contribution in [2.75, 3.05) is 13.1 Å².